The molecule has 0 atom stereocenters. The molecular formula is C27H17F2N3OS. The van der Waals surface area contributed by atoms with E-state index in [4.69, 9.17) is 0 Å². The van der Waals surface area contributed by atoms with Gasteiger partial charge in [-0.3, -0.25) is 4.79 Å². The number of nitrogens with zero attached hydrogens (tertiary/aromatic N) is 3. The maximum Gasteiger partial charge on any atom is 0.280 e. The highest BCUT2D eigenvalue weighted by Gasteiger charge is 2.21. The standard InChI is InChI=1S/C27H17F2N3OS/c28-22-12-6-18(7-13-22)17-30-32(27-31-24-15-14-23(29)16-25(24)34-27)26(33)21-10-8-20(9-11-21)19-4-2-1-3-5-19/h1-17H/b30-17+. The van der Waals surface area contributed by atoms with Crippen LogP contribution in [-0.2, 0) is 0 Å². The third kappa shape index (κ3) is 4.60. The van der Waals surface area contributed by atoms with Crippen LogP contribution >= 0.6 is 11.3 Å². The topological polar surface area (TPSA) is 45.6 Å². The van der Waals surface area contributed by atoms with Crippen molar-refractivity contribution in [1.82, 2.24) is 4.98 Å². The molecule has 0 bridgehead atoms. The Bertz CT molecular complexity index is 1480. The van der Waals surface area contributed by atoms with Gasteiger partial charge in [0.2, 0.25) is 5.13 Å². The van der Waals surface area contributed by atoms with Gasteiger partial charge in [0.05, 0.1) is 16.4 Å². The van der Waals surface area contributed by atoms with Crippen molar-refractivity contribution in [2.45, 2.75) is 0 Å². The summed E-state index contributed by atoms with van der Waals surface area (Å²) >= 11 is 1.16. The zero-order chi connectivity index (χ0) is 23.5. The van der Waals surface area contributed by atoms with Crippen molar-refractivity contribution >= 4 is 38.8 Å². The second-order valence-corrected chi connectivity index (χ2v) is 8.47. The van der Waals surface area contributed by atoms with E-state index in [1.54, 1.807) is 30.3 Å². The van der Waals surface area contributed by atoms with Crippen LogP contribution in [0.2, 0.25) is 0 Å². The van der Waals surface area contributed by atoms with Crippen molar-refractivity contribution in [1.29, 1.82) is 0 Å². The van der Waals surface area contributed by atoms with E-state index in [2.05, 4.69) is 10.1 Å². The average molecular weight is 470 g/mol. The summed E-state index contributed by atoms with van der Waals surface area (Å²) in [6, 6.07) is 27.1. The highest BCUT2D eigenvalue weighted by molar-refractivity contribution is 7.22. The number of hydrazone groups is 1. The van der Waals surface area contributed by atoms with Gasteiger partial charge >= 0.3 is 0 Å². The normalized spacial score (nSPS) is 11.2. The summed E-state index contributed by atoms with van der Waals surface area (Å²) in [6.07, 6.45) is 1.46. The van der Waals surface area contributed by atoms with Gasteiger partial charge in [0, 0.05) is 5.56 Å². The first-order chi connectivity index (χ1) is 16.6. The molecule has 0 aliphatic carbocycles. The Kier molecular flexibility index (Phi) is 5.93. The van der Waals surface area contributed by atoms with Crippen molar-refractivity contribution in [2.75, 3.05) is 5.01 Å². The predicted molar refractivity (Wildman–Crippen MR) is 132 cm³/mol. The minimum atomic E-state index is -0.391. The van der Waals surface area contributed by atoms with E-state index in [0.29, 0.717) is 26.5 Å². The molecule has 5 rings (SSSR count). The molecule has 1 heterocycles. The number of hydrogen-bond donors (Lipinski definition) is 0. The Morgan fingerprint density at radius 3 is 2.24 bits per heavy atom. The Hall–Kier alpha value is -4.23. The lowest BCUT2D eigenvalue weighted by molar-refractivity contribution is 0.0988. The van der Waals surface area contributed by atoms with Gasteiger partial charge in [-0.15, -0.1) is 0 Å². The van der Waals surface area contributed by atoms with E-state index in [1.165, 1.54) is 35.5 Å². The Morgan fingerprint density at radius 2 is 1.50 bits per heavy atom. The SMILES string of the molecule is O=C(c1ccc(-c2ccccc2)cc1)N(/N=C/c1ccc(F)cc1)c1nc2ccc(F)cc2s1. The van der Waals surface area contributed by atoms with Gasteiger partial charge < -0.3 is 0 Å². The molecule has 0 spiro atoms. The lowest BCUT2D eigenvalue weighted by Gasteiger charge is -2.14. The first-order valence-electron chi connectivity index (χ1n) is 10.4. The largest absolute Gasteiger partial charge is 0.280 e. The Morgan fingerprint density at radius 1 is 0.824 bits per heavy atom. The fourth-order valence-electron chi connectivity index (χ4n) is 3.40. The van der Waals surface area contributed by atoms with Gasteiger partial charge in [-0.1, -0.05) is 65.9 Å². The molecule has 0 radical (unpaired) electrons. The molecule has 0 aliphatic heterocycles. The van der Waals surface area contributed by atoms with E-state index in [1.807, 2.05) is 42.5 Å². The van der Waals surface area contributed by atoms with E-state index in [0.717, 1.165) is 22.5 Å². The first-order valence-corrected chi connectivity index (χ1v) is 11.2. The monoisotopic (exact) mass is 469 g/mol. The number of hydrogen-bond acceptors (Lipinski definition) is 4. The van der Waals surface area contributed by atoms with Crippen molar-refractivity contribution in [2.24, 2.45) is 5.10 Å². The van der Waals surface area contributed by atoms with E-state index in [-0.39, 0.29) is 11.6 Å². The van der Waals surface area contributed by atoms with Crippen molar-refractivity contribution in [3.63, 3.8) is 0 Å². The number of fused-ring (bicyclic) bond motifs is 1. The molecular weight excluding hydrogens is 452 g/mol. The summed E-state index contributed by atoms with van der Waals surface area (Å²) in [5, 5.41) is 5.84. The van der Waals surface area contributed by atoms with E-state index < -0.39 is 5.91 Å². The van der Waals surface area contributed by atoms with Crippen LogP contribution in [0.5, 0.6) is 0 Å². The van der Waals surface area contributed by atoms with Crippen LogP contribution in [0.1, 0.15) is 15.9 Å². The number of carbonyl (C=O) groups excluding carboxylic acids is 1. The third-order valence-electron chi connectivity index (χ3n) is 5.14. The van der Waals surface area contributed by atoms with Crippen LogP contribution in [0.15, 0.2) is 102 Å². The quantitative estimate of drug-likeness (QED) is 0.207. The van der Waals surface area contributed by atoms with Crippen molar-refractivity contribution in [3.8, 4) is 11.1 Å². The Labute approximate surface area is 198 Å². The van der Waals surface area contributed by atoms with Crippen LogP contribution in [0.4, 0.5) is 13.9 Å². The molecule has 5 aromatic rings. The predicted octanol–water partition coefficient (Wildman–Crippen LogP) is 6.92. The molecule has 0 fully saturated rings. The fourth-order valence-corrected chi connectivity index (χ4v) is 4.34. The molecule has 4 aromatic carbocycles. The molecule has 0 saturated heterocycles. The van der Waals surface area contributed by atoms with E-state index >= 15 is 0 Å². The van der Waals surface area contributed by atoms with Gasteiger partial charge in [-0.05, 0) is 59.2 Å². The average Bonchev–Trinajstić information content (AvgIpc) is 3.28. The summed E-state index contributed by atoms with van der Waals surface area (Å²) < 4.78 is 27.5. The smallest absolute Gasteiger partial charge is 0.267 e. The number of benzene rings is 4. The summed E-state index contributed by atoms with van der Waals surface area (Å²) in [5.74, 6) is -1.14. The highest BCUT2D eigenvalue weighted by Crippen LogP contribution is 2.31. The van der Waals surface area contributed by atoms with Crippen LogP contribution < -0.4 is 5.01 Å². The van der Waals surface area contributed by atoms with Gasteiger partial charge in [0.25, 0.3) is 5.91 Å². The lowest BCUT2D eigenvalue weighted by atomic mass is 10.0. The van der Waals surface area contributed by atoms with Gasteiger partial charge in [0.15, 0.2) is 0 Å². The zero-order valence-electron chi connectivity index (χ0n) is 17.7. The zero-order valence-corrected chi connectivity index (χ0v) is 18.5. The lowest BCUT2D eigenvalue weighted by Crippen LogP contribution is -2.25. The minimum Gasteiger partial charge on any atom is -0.267 e. The Balaban J connectivity index is 1.51. The van der Waals surface area contributed by atoms with Crippen LogP contribution in [-0.4, -0.2) is 17.1 Å². The van der Waals surface area contributed by atoms with E-state index in [9.17, 15) is 13.6 Å². The molecule has 0 saturated carbocycles. The highest BCUT2D eigenvalue weighted by atomic mass is 32.1. The van der Waals surface area contributed by atoms with Gasteiger partial charge in [0.1, 0.15) is 11.6 Å². The number of carbonyl (C=O) groups is 1. The number of aromatic nitrogens is 1. The molecule has 1 amide bonds. The number of halogens is 2. The maximum atomic E-state index is 13.7. The summed E-state index contributed by atoms with van der Waals surface area (Å²) in [7, 11) is 0. The fraction of sp³-hybridized carbons (Fsp3) is 0. The summed E-state index contributed by atoms with van der Waals surface area (Å²) in [6.45, 7) is 0. The third-order valence-corrected chi connectivity index (χ3v) is 6.14. The number of anilines is 1. The number of rotatable bonds is 5. The van der Waals surface area contributed by atoms with Gasteiger partial charge in [-0.25, -0.2) is 13.8 Å². The van der Waals surface area contributed by atoms with Crippen LogP contribution in [0.3, 0.4) is 0 Å². The molecule has 4 nitrogen and oxygen atoms in total. The molecule has 1 aromatic heterocycles. The number of amides is 1. The second-order valence-electron chi connectivity index (χ2n) is 7.46. The van der Waals surface area contributed by atoms with Crippen LogP contribution in [0.25, 0.3) is 21.3 Å². The molecule has 166 valence electrons. The number of thiazole rings is 1. The summed E-state index contributed by atoms with van der Waals surface area (Å²) in [4.78, 5) is 17.9. The minimum absolute atomic E-state index is 0.302. The van der Waals surface area contributed by atoms with Gasteiger partial charge in [-0.2, -0.15) is 10.1 Å². The molecule has 7 heteroatoms. The van der Waals surface area contributed by atoms with Crippen molar-refractivity contribution in [3.05, 3.63) is 120 Å². The molecule has 0 unspecified atom stereocenters. The first kappa shape index (κ1) is 21.6. The molecule has 34 heavy (non-hydrogen) atoms. The maximum absolute atomic E-state index is 13.7. The molecule has 0 aliphatic rings. The summed E-state index contributed by atoms with van der Waals surface area (Å²) in [5.41, 5.74) is 3.62. The van der Waals surface area contributed by atoms with Crippen molar-refractivity contribution < 1.29 is 13.6 Å². The second kappa shape index (κ2) is 9.33. The molecule has 0 N–H and O–H groups in total. The van der Waals surface area contributed by atoms with Crippen LogP contribution in [0, 0.1) is 11.6 Å².